The fourth-order valence-electron chi connectivity index (χ4n) is 1.92. The first kappa shape index (κ1) is 11.5. The van der Waals surface area contributed by atoms with Crippen molar-refractivity contribution in [3.05, 3.63) is 0 Å². The van der Waals surface area contributed by atoms with Gasteiger partial charge < -0.3 is 10.1 Å². The van der Waals surface area contributed by atoms with Crippen LogP contribution in [0.25, 0.3) is 0 Å². The number of hydrogen-bond acceptors (Lipinski definition) is 4. The maximum Gasteiger partial charge on any atom is 0.324 e. The van der Waals surface area contributed by atoms with Crippen LogP contribution in [0.5, 0.6) is 0 Å². The predicted octanol–water partition coefficient (Wildman–Crippen LogP) is 0.232. The summed E-state index contributed by atoms with van der Waals surface area (Å²) in [4.78, 5) is 13.7. The Morgan fingerprint density at radius 2 is 2.43 bits per heavy atom. The van der Waals surface area contributed by atoms with Crippen LogP contribution in [0.4, 0.5) is 0 Å². The zero-order chi connectivity index (χ0) is 10.6. The van der Waals surface area contributed by atoms with Gasteiger partial charge in [-0.3, -0.25) is 9.69 Å². The van der Waals surface area contributed by atoms with Gasteiger partial charge in [0.25, 0.3) is 0 Å². The van der Waals surface area contributed by atoms with E-state index in [0.717, 1.165) is 13.1 Å². The number of nitrogens with zero attached hydrogens (tertiary/aromatic N) is 1. The van der Waals surface area contributed by atoms with Crippen LogP contribution in [-0.4, -0.2) is 50.2 Å². The van der Waals surface area contributed by atoms with Crippen LogP contribution in [0.15, 0.2) is 0 Å². The number of methoxy groups -OCH3 is 1. The number of esters is 1. The summed E-state index contributed by atoms with van der Waals surface area (Å²) in [6, 6.07) is 0.399. The molecule has 0 aromatic rings. The number of hydrogen-bond donors (Lipinski definition) is 1. The summed E-state index contributed by atoms with van der Waals surface area (Å²) in [5, 5.41) is 2.98. The Kier molecular flexibility index (Phi) is 4.35. The summed E-state index contributed by atoms with van der Waals surface area (Å²) in [7, 11) is 3.22. The van der Waals surface area contributed by atoms with Gasteiger partial charge in [0.2, 0.25) is 0 Å². The fraction of sp³-hybridized carbons (Fsp3) is 0.900. The second-order valence-corrected chi connectivity index (χ2v) is 3.85. The van der Waals surface area contributed by atoms with Crippen LogP contribution in [-0.2, 0) is 9.53 Å². The number of rotatable bonds is 4. The molecule has 2 unspecified atom stereocenters. The SMILES string of the molecule is CNC(CN1CCCC1C)C(=O)OC. The van der Waals surface area contributed by atoms with Gasteiger partial charge in [-0.1, -0.05) is 0 Å². The minimum Gasteiger partial charge on any atom is -0.468 e. The highest BCUT2D eigenvalue weighted by Crippen LogP contribution is 2.16. The third-order valence-electron chi connectivity index (χ3n) is 2.94. The zero-order valence-corrected chi connectivity index (χ0v) is 9.25. The zero-order valence-electron chi connectivity index (χ0n) is 9.25. The molecule has 1 aliphatic heterocycles. The Bertz CT molecular complexity index is 197. The average Bonchev–Trinajstić information content (AvgIpc) is 2.59. The first-order chi connectivity index (χ1) is 6.69. The molecule has 82 valence electrons. The van der Waals surface area contributed by atoms with Crippen molar-refractivity contribution in [1.29, 1.82) is 0 Å². The summed E-state index contributed by atoms with van der Waals surface area (Å²) in [5.41, 5.74) is 0. The van der Waals surface area contributed by atoms with E-state index in [1.54, 1.807) is 7.05 Å². The van der Waals surface area contributed by atoms with Crippen molar-refractivity contribution in [1.82, 2.24) is 10.2 Å². The van der Waals surface area contributed by atoms with Crippen molar-refractivity contribution in [2.75, 3.05) is 27.2 Å². The van der Waals surface area contributed by atoms with Crippen LogP contribution in [0.2, 0.25) is 0 Å². The molecule has 1 rings (SSSR count). The van der Waals surface area contributed by atoms with Gasteiger partial charge in [-0.25, -0.2) is 0 Å². The average molecular weight is 200 g/mol. The Labute approximate surface area is 85.6 Å². The van der Waals surface area contributed by atoms with Gasteiger partial charge in [0, 0.05) is 12.6 Å². The van der Waals surface area contributed by atoms with Crippen molar-refractivity contribution in [2.24, 2.45) is 0 Å². The lowest BCUT2D eigenvalue weighted by molar-refractivity contribution is -0.143. The fourth-order valence-corrected chi connectivity index (χ4v) is 1.92. The first-order valence-corrected chi connectivity index (χ1v) is 5.18. The van der Waals surface area contributed by atoms with E-state index in [2.05, 4.69) is 17.1 Å². The molecule has 0 aromatic heterocycles. The first-order valence-electron chi connectivity index (χ1n) is 5.18. The molecule has 0 aliphatic carbocycles. The second kappa shape index (κ2) is 5.32. The quantitative estimate of drug-likeness (QED) is 0.660. The van der Waals surface area contributed by atoms with E-state index in [4.69, 9.17) is 4.74 Å². The number of nitrogens with one attached hydrogen (secondary N) is 1. The molecule has 1 aliphatic rings. The number of likely N-dealkylation sites (N-methyl/N-ethyl adjacent to an activating group) is 1. The minimum absolute atomic E-state index is 0.174. The molecule has 0 spiro atoms. The molecule has 1 saturated heterocycles. The number of carbonyl (C=O) groups excluding carboxylic acids is 1. The molecule has 4 nitrogen and oxygen atoms in total. The standard InChI is InChI=1S/C10H20N2O2/c1-8-5-4-6-12(8)7-9(11-2)10(13)14-3/h8-9,11H,4-7H2,1-3H3. The highest BCUT2D eigenvalue weighted by Gasteiger charge is 2.26. The van der Waals surface area contributed by atoms with Crippen LogP contribution >= 0.6 is 0 Å². The van der Waals surface area contributed by atoms with Crippen molar-refractivity contribution in [3.8, 4) is 0 Å². The van der Waals surface area contributed by atoms with Gasteiger partial charge in [0.15, 0.2) is 0 Å². The molecule has 0 amide bonds. The lowest BCUT2D eigenvalue weighted by Gasteiger charge is -2.25. The number of likely N-dealkylation sites (tertiary alicyclic amines) is 1. The normalized spacial score (nSPS) is 24.9. The molecular formula is C10H20N2O2. The van der Waals surface area contributed by atoms with E-state index in [1.807, 2.05) is 0 Å². The Balaban J connectivity index is 2.43. The summed E-state index contributed by atoms with van der Waals surface area (Å²) >= 11 is 0. The maximum absolute atomic E-state index is 11.3. The smallest absolute Gasteiger partial charge is 0.324 e. The molecule has 1 N–H and O–H groups in total. The van der Waals surface area contributed by atoms with E-state index in [0.29, 0.717) is 6.04 Å². The summed E-state index contributed by atoms with van der Waals surface area (Å²) in [6.45, 7) is 4.05. The maximum atomic E-state index is 11.3. The number of carbonyl (C=O) groups is 1. The van der Waals surface area contributed by atoms with E-state index in [9.17, 15) is 4.79 Å². The summed E-state index contributed by atoms with van der Waals surface area (Å²) < 4.78 is 4.72. The van der Waals surface area contributed by atoms with Gasteiger partial charge in [-0.05, 0) is 33.4 Å². The molecule has 2 atom stereocenters. The largest absolute Gasteiger partial charge is 0.468 e. The van der Waals surface area contributed by atoms with Crippen molar-refractivity contribution < 1.29 is 9.53 Å². The van der Waals surface area contributed by atoms with Gasteiger partial charge in [0.05, 0.1) is 7.11 Å². The highest BCUT2D eigenvalue weighted by molar-refractivity contribution is 5.75. The van der Waals surface area contributed by atoms with Crippen LogP contribution < -0.4 is 5.32 Å². The van der Waals surface area contributed by atoms with Crippen LogP contribution in [0.3, 0.4) is 0 Å². The summed E-state index contributed by atoms with van der Waals surface area (Å²) in [6.07, 6.45) is 2.47. The second-order valence-electron chi connectivity index (χ2n) is 3.85. The molecule has 0 saturated carbocycles. The van der Waals surface area contributed by atoms with Gasteiger partial charge in [-0.2, -0.15) is 0 Å². The van der Waals surface area contributed by atoms with E-state index in [1.165, 1.54) is 20.0 Å². The van der Waals surface area contributed by atoms with Gasteiger partial charge in [0.1, 0.15) is 6.04 Å². The monoisotopic (exact) mass is 200 g/mol. The third-order valence-corrected chi connectivity index (χ3v) is 2.94. The molecule has 1 heterocycles. The lowest BCUT2D eigenvalue weighted by Crippen LogP contribution is -2.46. The third kappa shape index (κ3) is 2.69. The van der Waals surface area contributed by atoms with Gasteiger partial charge in [-0.15, -0.1) is 0 Å². The number of ether oxygens (including phenoxy) is 1. The molecule has 1 fully saturated rings. The Hall–Kier alpha value is -0.610. The highest BCUT2D eigenvalue weighted by atomic mass is 16.5. The molecule has 14 heavy (non-hydrogen) atoms. The lowest BCUT2D eigenvalue weighted by atomic mass is 10.2. The van der Waals surface area contributed by atoms with E-state index < -0.39 is 0 Å². The molecule has 0 radical (unpaired) electrons. The van der Waals surface area contributed by atoms with Crippen LogP contribution in [0.1, 0.15) is 19.8 Å². The van der Waals surface area contributed by atoms with Crippen molar-refractivity contribution in [3.63, 3.8) is 0 Å². The Morgan fingerprint density at radius 1 is 1.71 bits per heavy atom. The van der Waals surface area contributed by atoms with Crippen LogP contribution in [0, 0.1) is 0 Å². The predicted molar refractivity (Wildman–Crippen MR) is 55.1 cm³/mol. The molecule has 0 bridgehead atoms. The van der Waals surface area contributed by atoms with E-state index in [-0.39, 0.29) is 12.0 Å². The molecular weight excluding hydrogens is 180 g/mol. The van der Waals surface area contributed by atoms with E-state index >= 15 is 0 Å². The van der Waals surface area contributed by atoms with Crippen molar-refractivity contribution >= 4 is 5.97 Å². The minimum atomic E-state index is -0.194. The topological polar surface area (TPSA) is 41.6 Å². The van der Waals surface area contributed by atoms with Crippen molar-refractivity contribution in [2.45, 2.75) is 31.8 Å². The molecule has 4 heteroatoms. The Morgan fingerprint density at radius 3 is 2.86 bits per heavy atom. The summed E-state index contributed by atoms with van der Waals surface area (Å²) in [5.74, 6) is -0.174. The molecule has 0 aromatic carbocycles. The van der Waals surface area contributed by atoms with Gasteiger partial charge >= 0.3 is 5.97 Å².